The zero-order valence-corrected chi connectivity index (χ0v) is 11.6. The Kier molecular flexibility index (Phi) is 3.43. The maximum absolute atomic E-state index is 5.70. The van der Waals surface area contributed by atoms with Gasteiger partial charge in [-0.05, 0) is 61.8 Å². The highest BCUT2D eigenvalue weighted by Gasteiger charge is 2.23. The number of H-pyrrole nitrogens is 1. The first-order valence-corrected chi connectivity index (χ1v) is 7.25. The van der Waals surface area contributed by atoms with Gasteiger partial charge in [0.2, 0.25) is 0 Å². The van der Waals surface area contributed by atoms with Crippen molar-refractivity contribution >= 4 is 0 Å². The molecular weight excluding hydrogens is 232 g/mol. The summed E-state index contributed by atoms with van der Waals surface area (Å²) in [4.78, 5) is 3.67. The Labute approximate surface area is 115 Å². The average molecular weight is 254 g/mol. The van der Waals surface area contributed by atoms with E-state index in [1.165, 1.54) is 41.8 Å². The number of fused-ring (bicyclic) bond motifs is 1. The third-order valence-electron chi connectivity index (χ3n) is 4.40. The largest absolute Gasteiger partial charge is 0.358 e. The van der Waals surface area contributed by atoms with E-state index in [9.17, 15) is 0 Å². The van der Waals surface area contributed by atoms with Crippen LogP contribution in [-0.2, 0) is 12.8 Å². The first kappa shape index (κ1) is 12.5. The first-order chi connectivity index (χ1) is 9.29. The molecule has 2 heteroatoms. The third-order valence-corrected chi connectivity index (χ3v) is 4.40. The maximum atomic E-state index is 5.70. The monoisotopic (exact) mass is 254 g/mol. The van der Waals surface area contributed by atoms with E-state index >= 15 is 0 Å². The molecule has 0 amide bonds. The Morgan fingerprint density at radius 2 is 2.05 bits per heavy atom. The molecule has 1 heterocycles. The van der Waals surface area contributed by atoms with Crippen molar-refractivity contribution in [2.75, 3.05) is 6.54 Å². The van der Waals surface area contributed by atoms with Crippen LogP contribution in [0.3, 0.4) is 0 Å². The quantitative estimate of drug-likeness (QED) is 0.865. The van der Waals surface area contributed by atoms with Gasteiger partial charge in [0.25, 0.3) is 0 Å². The number of hydrogen-bond acceptors (Lipinski definition) is 1. The number of aromatic nitrogens is 1. The van der Waals surface area contributed by atoms with Crippen LogP contribution in [0.15, 0.2) is 30.3 Å². The van der Waals surface area contributed by atoms with E-state index in [-0.39, 0.29) is 0 Å². The number of benzene rings is 1. The van der Waals surface area contributed by atoms with Crippen molar-refractivity contribution in [3.05, 3.63) is 47.2 Å². The fraction of sp³-hybridized carbons (Fsp3) is 0.412. The molecule has 0 radical (unpaired) electrons. The lowest BCUT2D eigenvalue weighted by molar-refractivity contribution is 0.429. The van der Waals surface area contributed by atoms with Crippen molar-refractivity contribution in [1.29, 1.82) is 0 Å². The minimum Gasteiger partial charge on any atom is -0.358 e. The van der Waals surface area contributed by atoms with Crippen LogP contribution in [0, 0.1) is 12.8 Å². The molecule has 1 unspecified atom stereocenters. The number of nitrogens with two attached hydrogens (primary N) is 1. The van der Waals surface area contributed by atoms with Crippen LogP contribution in [0.25, 0.3) is 11.3 Å². The second-order valence-corrected chi connectivity index (χ2v) is 5.63. The number of nitrogens with one attached hydrogen (secondary N) is 1. The summed E-state index contributed by atoms with van der Waals surface area (Å²) in [5, 5.41) is 0. The van der Waals surface area contributed by atoms with Gasteiger partial charge in [0.05, 0.1) is 0 Å². The molecule has 1 aromatic heterocycles. The van der Waals surface area contributed by atoms with Crippen LogP contribution in [0.4, 0.5) is 0 Å². The molecule has 100 valence electrons. The molecule has 0 fully saturated rings. The summed E-state index contributed by atoms with van der Waals surface area (Å²) < 4.78 is 0. The standard InChI is InChI=1S/C17H22N2/c1-12-15-8-7-13(9-10-18)11-16(15)19-17(12)14-5-3-2-4-6-14/h2-6,13,19H,7-11,18H2,1H3. The van der Waals surface area contributed by atoms with E-state index in [0.29, 0.717) is 0 Å². The number of rotatable bonds is 3. The smallest absolute Gasteiger partial charge is 0.0488 e. The van der Waals surface area contributed by atoms with Crippen LogP contribution < -0.4 is 5.73 Å². The molecule has 0 spiro atoms. The summed E-state index contributed by atoms with van der Waals surface area (Å²) in [7, 11) is 0. The van der Waals surface area contributed by atoms with E-state index < -0.39 is 0 Å². The third kappa shape index (κ3) is 2.33. The highest BCUT2D eigenvalue weighted by atomic mass is 14.7. The Balaban J connectivity index is 1.94. The highest BCUT2D eigenvalue weighted by molar-refractivity contribution is 5.66. The predicted molar refractivity (Wildman–Crippen MR) is 80.2 cm³/mol. The van der Waals surface area contributed by atoms with Crippen molar-refractivity contribution in [2.24, 2.45) is 11.7 Å². The topological polar surface area (TPSA) is 41.8 Å². The molecule has 0 bridgehead atoms. The van der Waals surface area contributed by atoms with E-state index in [0.717, 1.165) is 18.9 Å². The fourth-order valence-corrected chi connectivity index (χ4v) is 3.32. The van der Waals surface area contributed by atoms with Gasteiger partial charge in [0.1, 0.15) is 0 Å². The zero-order valence-electron chi connectivity index (χ0n) is 11.6. The van der Waals surface area contributed by atoms with Crippen molar-refractivity contribution in [1.82, 2.24) is 4.98 Å². The Hall–Kier alpha value is -1.54. The van der Waals surface area contributed by atoms with E-state index in [4.69, 9.17) is 5.73 Å². The minimum absolute atomic E-state index is 0.763. The molecule has 2 nitrogen and oxygen atoms in total. The van der Waals surface area contributed by atoms with E-state index in [2.05, 4.69) is 42.2 Å². The molecule has 19 heavy (non-hydrogen) atoms. The van der Waals surface area contributed by atoms with E-state index in [1.807, 2.05) is 0 Å². The average Bonchev–Trinajstić information content (AvgIpc) is 2.77. The van der Waals surface area contributed by atoms with Gasteiger partial charge in [-0.2, -0.15) is 0 Å². The molecule has 3 N–H and O–H groups in total. The lowest BCUT2D eigenvalue weighted by Crippen LogP contribution is -2.17. The maximum Gasteiger partial charge on any atom is 0.0488 e. The number of aromatic amines is 1. The molecule has 1 aliphatic rings. The van der Waals surface area contributed by atoms with Crippen LogP contribution in [-0.4, -0.2) is 11.5 Å². The lowest BCUT2D eigenvalue weighted by atomic mass is 9.84. The molecule has 1 aromatic carbocycles. The van der Waals surface area contributed by atoms with Crippen LogP contribution >= 0.6 is 0 Å². The normalized spacial score (nSPS) is 18.3. The van der Waals surface area contributed by atoms with Crippen LogP contribution in [0.1, 0.15) is 29.7 Å². The summed E-state index contributed by atoms with van der Waals surface area (Å²) in [5.41, 5.74) is 12.7. The molecule has 1 atom stereocenters. The Bertz CT molecular complexity index is 554. The molecule has 1 aliphatic carbocycles. The molecule has 0 aliphatic heterocycles. The van der Waals surface area contributed by atoms with Gasteiger partial charge < -0.3 is 10.7 Å². The second-order valence-electron chi connectivity index (χ2n) is 5.63. The summed E-state index contributed by atoms with van der Waals surface area (Å²) in [6.07, 6.45) is 4.81. The van der Waals surface area contributed by atoms with Crippen molar-refractivity contribution in [2.45, 2.75) is 32.6 Å². The van der Waals surface area contributed by atoms with Gasteiger partial charge in [-0.25, -0.2) is 0 Å². The van der Waals surface area contributed by atoms with Crippen molar-refractivity contribution < 1.29 is 0 Å². The van der Waals surface area contributed by atoms with Crippen LogP contribution in [0.5, 0.6) is 0 Å². The zero-order chi connectivity index (χ0) is 13.2. The summed E-state index contributed by atoms with van der Waals surface area (Å²) >= 11 is 0. The van der Waals surface area contributed by atoms with Gasteiger partial charge in [0.15, 0.2) is 0 Å². The molecular formula is C17H22N2. The van der Waals surface area contributed by atoms with Gasteiger partial charge >= 0.3 is 0 Å². The molecule has 2 aromatic rings. The second kappa shape index (κ2) is 5.22. The SMILES string of the molecule is Cc1c(-c2ccccc2)[nH]c2c1CCC(CCN)C2. The van der Waals surface area contributed by atoms with Crippen molar-refractivity contribution in [3.8, 4) is 11.3 Å². The van der Waals surface area contributed by atoms with Crippen molar-refractivity contribution in [3.63, 3.8) is 0 Å². The Morgan fingerprint density at radius 1 is 1.26 bits per heavy atom. The summed E-state index contributed by atoms with van der Waals surface area (Å²) in [6, 6.07) is 10.6. The van der Waals surface area contributed by atoms with E-state index in [1.54, 1.807) is 5.56 Å². The van der Waals surface area contributed by atoms with Crippen LogP contribution in [0.2, 0.25) is 0 Å². The van der Waals surface area contributed by atoms with Gasteiger partial charge in [-0.1, -0.05) is 30.3 Å². The summed E-state index contributed by atoms with van der Waals surface area (Å²) in [5.74, 6) is 0.763. The predicted octanol–water partition coefficient (Wildman–Crippen LogP) is 3.44. The highest BCUT2D eigenvalue weighted by Crippen LogP contribution is 2.34. The minimum atomic E-state index is 0.763. The molecule has 0 saturated carbocycles. The summed E-state index contributed by atoms with van der Waals surface area (Å²) in [6.45, 7) is 3.06. The van der Waals surface area contributed by atoms with Gasteiger partial charge in [0, 0.05) is 11.4 Å². The molecule has 0 saturated heterocycles. The van der Waals surface area contributed by atoms with Gasteiger partial charge in [-0.3, -0.25) is 0 Å². The first-order valence-electron chi connectivity index (χ1n) is 7.25. The lowest BCUT2D eigenvalue weighted by Gasteiger charge is -2.21. The van der Waals surface area contributed by atoms with Gasteiger partial charge in [-0.15, -0.1) is 0 Å². The Morgan fingerprint density at radius 3 is 2.79 bits per heavy atom. The fourth-order valence-electron chi connectivity index (χ4n) is 3.32. The number of hydrogen-bond donors (Lipinski definition) is 2. The molecule has 3 rings (SSSR count).